The highest BCUT2D eigenvalue weighted by atomic mass is 16.6. The van der Waals surface area contributed by atoms with E-state index in [0.717, 1.165) is 12.0 Å². The topological polar surface area (TPSA) is 38.8 Å². The van der Waals surface area contributed by atoms with Gasteiger partial charge in [0.15, 0.2) is 6.23 Å². The zero-order valence-corrected chi connectivity index (χ0v) is 12.7. The lowest BCUT2D eigenvalue weighted by Crippen LogP contribution is -2.44. The zero-order chi connectivity index (χ0) is 14.8. The summed E-state index contributed by atoms with van der Waals surface area (Å²) < 4.78 is 11.3. The molecule has 0 aromatic heterocycles. The van der Waals surface area contributed by atoms with E-state index in [1.807, 2.05) is 45.9 Å². The van der Waals surface area contributed by atoms with Crippen LogP contribution in [0.2, 0.25) is 0 Å². The number of fused-ring (bicyclic) bond motifs is 1. The first-order valence-corrected chi connectivity index (χ1v) is 7.11. The summed E-state index contributed by atoms with van der Waals surface area (Å²) in [5, 5.41) is 0. The Morgan fingerprint density at radius 1 is 1.35 bits per heavy atom. The average molecular weight is 277 g/mol. The van der Waals surface area contributed by atoms with Crippen LogP contribution < -0.4 is 0 Å². The van der Waals surface area contributed by atoms with Crippen molar-refractivity contribution in [3.05, 3.63) is 35.4 Å². The molecular weight excluding hydrogens is 254 g/mol. The Morgan fingerprint density at radius 2 is 2.05 bits per heavy atom. The van der Waals surface area contributed by atoms with E-state index >= 15 is 0 Å². The van der Waals surface area contributed by atoms with Crippen molar-refractivity contribution >= 4 is 6.09 Å². The van der Waals surface area contributed by atoms with Gasteiger partial charge in [0, 0.05) is 18.7 Å². The third kappa shape index (κ3) is 3.31. The van der Waals surface area contributed by atoms with Crippen molar-refractivity contribution in [2.45, 2.75) is 45.9 Å². The molecule has 0 N–H and O–H groups in total. The number of carbonyl (C=O) groups is 1. The highest BCUT2D eigenvalue weighted by Crippen LogP contribution is 2.31. The van der Waals surface area contributed by atoms with Crippen LogP contribution in [0.4, 0.5) is 4.79 Å². The van der Waals surface area contributed by atoms with Crippen LogP contribution in [0.5, 0.6) is 0 Å². The van der Waals surface area contributed by atoms with Crippen molar-refractivity contribution in [1.29, 1.82) is 0 Å². The van der Waals surface area contributed by atoms with E-state index in [2.05, 4.69) is 6.07 Å². The van der Waals surface area contributed by atoms with Gasteiger partial charge in [-0.15, -0.1) is 0 Å². The van der Waals surface area contributed by atoms with Crippen molar-refractivity contribution in [3.63, 3.8) is 0 Å². The molecule has 1 heterocycles. The summed E-state index contributed by atoms with van der Waals surface area (Å²) in [7, 11) is 0. The van der Waals surface area contributed by atoms with Gasteiger partial charge in [-0.05, 0) is 39.7 Å². The lowest BCUT2D eigenvalue weighted by molar-refractivity contribution is -0.0710. The fraction of sp³-hybridized carbons (Fsp3) is 0.562. The molecule has 0 fully saturated rings. The first-order chi connectivity index (χ1) is 9.42. The number of carbonyl (C=O) groups excluding carboxylic acids is 1. The lowest BCUT2D eigenvalue weighted by Gasteiger charge is -2.37. The molecule has 110 valence electrons. The fourth-order valence-corrected chi connectivity index (χ4v) is 2.37. The van der Waals surface area contributed by atoms with Crippen molar-refractivity contribution in [3.8, 4) is 0 Å². The fourth-order valence-electron chi connectivity index (χ4n) is 2.37. The van der Waals surface area contributed by atoms with Gasteiger partial charge in [0.25, 0.3) is 0 Å². The number of benzene rings is 1. The third-order valence-electron chi connectivity index (χ3n) is 3.18. The minimum atomic E-state index is -0.495. The smallest absolute Gasteiger partial charge is 0.412 e. The van der Waals surface area contributed by atoms with Crippen LogP contribution in [0.25, 0.3) is 0 Å². The third-order valence-corrected chi connectivity index (χ3v) is 3.18. The summed E-state index contributed by atoms with van der Waals surface area (Å²) in [6, 6.07) is 8.11. The van der Waals surface area contributed by atoms with Crippen LogP contribution in [0.1, 0.15) is 45.0 Å². The highest BCUT2D eigenvalue weighted by Gasteiger charge is 2.33. The SMILES string of the molecule is CCOC1c2ccccc2CCN1C(=O)OC(C)(C)C. The molecule has 4 nitrogen and oxygen atoms in total. The molecule has 0 saturated heterocycles. The normalized spacial score (nSPS) is 18.6. The van der Waals surface area contributed by atoms with Crippen molar-refractivity contribution in [2.75, 3.05) is 13.2 Å². The van der Waals surface area contributed by atoms with Crippen LogP contribution in [0.15, 0.2) is 24.3 Å². The zero-order valence-electron chi connectivity index (χ0n) is 12.7. The molecule has 1 aliphatic rings. The maximum Gasteiger partial charge on any atom is 0.412 e. The maximum absolute atomic E-state index is 12.3. The van der Waals surface area contributed by atoms with Crippen LogP contribution in [-0.4, -0.2) is 29.7 Å². The summed E-state index contributed by atoms with van der Waals surface area (Å²) in [5.74, 6) is 0. The Morgan fingerprint density at radius 3 is 2.70 bits per heavy atom. The predicted molar refractivity (Wildman–Crippen MR) is 77.5 cm³/mol. The summed E-state index contributed by atoms with van der Waals surface area (Å²) in [6.45, 7) is 8.73. The Balaban J connectivity index is 2.24. The summed E-state index contributed by atoms with van der Waals surface area (Å²) in [6.07, 6.45) is 0.171. The van der Waals surface area contributed by atoms with Crippen molar-refractivity contribution < 1.29 is 14.3 Å². The highest BCUT2D eigenvalue weighted by molar-refractivity contribution is 5.69. The predicted octanol–water partition coefficient (Wildman–Crippen LogP) is 3.51. The molecule has 0 bridgehead atoms. The molecule has 1 aliphatic heterocycles. The van der Waals surface area contributed by atoms with Crippen LogP contribution >= 0.6 is 0 Å². The Bertz CT molecular complexity index is 479. The van der Waals surface area contributed by atoms with Gasteiger partial charge in [0.05, 0.1) is 0 Å². The number of hydrogen-bond donors (Lipinski definition) is 0. The van der Waals surface area contributed by atoms with E-state index in [4.69, 9.17) is 9.47 Å². The number of rotatable bonds is 2. The van der Waals surface area contributed by atoms with Gasteiger partial charge in [0.1, 0.15) is 5.60 Å². The molecule has 0 spiro atoms. The molecule has 1 amide bonds. The quantitative estimate of drug-likeness (QED) is 0.830. The molecule has 1 aromatic carbocycles. The van der Waals surface area contributed by atoms with Crippen molar-refractivity contribution in [1.82, 2.24) is 4.90 Å². The first-order valence-electron chi connectivity index (χ1n) is 7.11. The van der Waals surface area contributed by atoms with Gasteiger partial charge in [0.2, 0.25) is 0 Å². The average Bonchev–Trinajstić information content (AvgIpc) is 2.37. The molecule has 4 heteroatoms. The van der Waals surface area contributed by atoms with Gasteiger partial charge < -0.3 is 9.47 Å². The number of hydrogen-bond acceptors (Lipinski definition) is 3. The summed E-state index contributed by atoms with van der Waals surface area (Å²) >= 11 is 0. The van der Waals surface area contributed by atoms with Gasteiger partial charge in [-0.3, -0.25) is 4.90 Å². The number of nitrogens with zero attached hydrogens (tertiary/aromatic N) is 1. The largest absolute Gasteiger partial charge is 0.444 e. The number of amides is 1. The van der Waals surface area contributed by atoms with E-state index in [1.165, 1.54) is 5.56 Å². The van der Waals surface area contributed by atoms with Gasteiger partial charge in [-0.25, -0.2) is 4.79 Å². The second kappa shape index (κ2) is 5.83. The molecule has 0 aliphatic carbocycles. The molecule has 0 saturated carbocycles. The summed E-state index contributed by atoms with van der Waals surface area (Å²) in [4.78, 5) is 14.0. The standard InChI is InChI=1S/C16H23NO3/c1-5-19-14-13-9-7-6-8-12(13)10-11-17(14)15(18)20-16(2,3)4/h6-9,14H,5,10-11H2,1-4H3. The molecule has 2 rings (SSSR count). The van der Waals surface area contributed by atoms with Crippen LogP contribution in [0.3, 0.4) is 0 Å². The monoisotopic (exact) mass is 277 g/mol. The molecule has 1 aromatic rings. The lowest BCUT2D eigenvalue weighted by atomic mass is 9.98. The molecule has 1 atom stereocenters. The van der Waals surface area contributed by atoms with E-state index < -0.39 is 5.60 Å². The maximum atomic E-state index is 12.3. The van der Waals surface area contributed by atoms with E-state index in [9.17, 15) is 4.79 Å². The van der Waals surface area contributed by atoms with Crippen molar-refractivity contribution in [2.24, 2.45) is 0 Å². The van der Waals surface area contributed by atoms with Gasteiger partial charge in [-0.2, -0.15) is 0 Å². The molecule has 0 radical (unpaired) electrons. The van der Waals surface area contributed by atoms with E-state index in [1.54, 1.807) is 4.90 Å². The van der Waals surface area contributed by atoms with E-state index in [0.29, 0.717) is 13.2 Å². The van der Waals surface area contributed by atoms with Crippen LogP contribution in [-0.2, 0) is 15.9 Å². The first kappa shape index (κ1) is 14.9. The minimum absolute atomic E-state index is 0.314. The van der Waals surface area contributed by atoms with E-state index in [-0.39, 0.29) is 12.3 Å². The number of ether oxygens (including phenoxy) is 2. The van der Waals surface area contributed by atoms with Crippen LogP contribution in [0, 0.1) is 0 Å². The molecule has 20 heavy (non-hydrogen) atoms. The Labute approximate surface area is 120 Å². The Kier molecular flexibility index (Phi) is 4.33. The second-order valence-corrected chi connectivity index (χ2v) is 5.93. The minimum Gasteiger partial charge on any atom is -0.444 e. The molecule has 1 unspecified atom stereocenters. The van der Waals surface area contributed by atoms with Gasteiger partial charge in [-0.1, -0.05) is 24.3 Å². The molecular formula is C16H23NO3. The van der Waals surface area contributed by atoms with Gasteiger partial charge >= 0.3 is 6.09 Å². The summed E-state index contributed by atoms with van der Waals surface area (Å²) in [5.41, 5.74) is 1.81. The Hall–Kier alpha value is -1.55. The second-order valence-electron chi connectivity index (χ2n) is 5.93.